The van der Waals surface area contributed by atoms with Gasteiger partial charge in [-0.25, -0.2) is 8.42 Å². The second-order valence-electron chi connectivity index (χ2n) is 6.92. The van der Waals surface area contributed by atoms with E-state index in [1.165, 1.54) is 5.56 Å². The SMILES string of the molecule is Cc1cccc([C@H]2CCCN2S(=O)(=O)c2c(C)cc(C)cc2C)c1. The lowest BCUT2D eigenvalue weighted by molar-refractivity contribution is 0.396. The Morgan fingerprint density at radius 3 is 2.25 bits per heavy atom. The van der Waals surface area contributed by atoms with Crippen LogP contribution >= 0.6 is 0 Å². The van der Waals surface area contributed by atoms with E-state index in [0.29, 0.717) is 11.4 Å². The van der Waals surface area contributed by atoms with Gasteiger partial charge in [0, 0.05) is 6.54 Å². The van der Waals surface area contributed by atoms with E-state index in [1.54, 1.807) is 4.31 Å². The molecule has 0 aromatic heterocycles. The van der Waals surface area contributed by atoms with Crippen molar-refractivity contribution in [3.05, 3.63) is 64.2 Å². The van der Waals surface area contributed by atoms with E-state index >= 15 is 0 Å². The second-order valence-corrected chi connectivity index (χ2v) is 8.74. The van der Waals surface area contributed by atoms with Crippen molar-refractivity contribution < 1.29 is 8.42 Å². The Hall–Kier alpha value is -1.65. The number of aryl methyl sites for hydroxylation is 4. The van der Waals surface area contributed by atoms with Crippen molar-refractivity contribution in [3.63, 3.8) is 0 Å². The number of nitrogens with zero attached hydrogens (tertiary/aromatic N) is 1. The fourth-order valence-electron chi connectivity index (χ4n) is 3.93. The molecule has 1 fully saturated rings. The van der Waals surface area contributed by atoms with Crippen LogP contribution in [0.2, 0.25) is 0 Å². The first-order chi connectivity index (χ1) is 11.3. The van der Waals surface area contributed by atoms with Crippen molar-refractivity contribution in [2.45, 2.75) is 51.5 Å². The van der Waals surface area contributed by atoms with Gasteiger partial charge in [-0.3, -0.25) is 0 Å². The molecule has 1 aliphatic heterocycles. The van der Waals surface area contributed by atoms with Gasteiger partial charge in [0.05, 0.1) is 10.9 Å². The molecule has 24 heavy (non-hydrogen) atoms. The third-order valence-corrected chi connectivity index (χ3v) is 7.02. The van der Waals surface area contributed by atoms with E-state index in [-0.39, 0.29) is 6.04 Å². The summed E-state index contributed by atoms with van der Waals surface area (Å²) < 4.78 is 28.5. The van der Waals surface area contributed by atoms with Crippen molar-refractivity contribution in [1.82, 2.24) is 4.31 Å². The maximum Gasteiger partial charge on any atom is 0.244 e. The first kappa shape index (κ1) is 17.2. The van der Waals surface area contributed by atoms with Crippen molar-refractivity contribution >= 4 is 10.0 Å². The molecule has 1 aliphatic rings. The molecule has 0 unspecified atom stereocenters. The van der Waals surface area contributed by atoms with E-state index in [2.05, 4.69) is 6.07 Å². The highest BCUT2D eigenvalue weighted by Crippen LogP contribution is 2.38. The van der Waals surface area contributed by atoms with Crippen LogP contribution in [0.5, 0.6) is 0 Å². The van der Waals surface area contributed by atoms with Crippen molar-refractivity contribution in [1.29, 1.82) is 0 Å². The van der Waals surface area contributed by atoms with Gasteiger partial charge in [0.1, 0.15) is 0 Å². The Balaban J connectivity index is 2.06. The zero-order chi connectivity index (χ0) is 17.5. The Bertz CT molecular complexity index is 848. The van der Waals surface area contributed by atoms with Gasteiger partial charge in [0.25, 0.3) is 0 Å². The van der Waals surface area contributed by atoms with Crippen LogP contribution in [-0.2, 0) is 10.0 Å². The summed E-state index contributed by atoms with van der Waals surface area (Å²) in [5.41, 5.74) is 5.03. The minimum atomic E-state index is -3.49. The molecule has 1 heterocycles. The highest BCUT2D eigenvalue weighted by Gasteiger charge is 2.37. The predicted molar refractivity (Wildman–Crippen MR) is 97.7 cm³/mol. The zero-order valence-electron chi connectivity index (χ0n) is 14.8. The lowest BCUT2D eigenvalue weighted by Crippen LogP contribution is -2.31. The van der Waals surface area contributed by atoms with Gasteiger partial charge in [-0.1, -0.05) is 47.5 Å². The van der Waals surface area contributed by atoms with Crippen LogP contribution in [0.3, 0.4) is 0 Å². The minimum Gasteiger partial charge on any atom is -0.207 e. The molecular formula is C20H25NO2S. The topological polar surface area (TPSA) is 37.4 Å². The van der Waals surface area contributed by atoms with Crippen LogP contribution in [0.15, 0.2) is 41.3 Å². The Morgan fingerprint density at radius 2 is 1.62 bits per heavy atom. The monoisotopic (exact) mass is 343 g/mol. The molecule has 2 aromatic carbocycles. The van der Waals surface area contributed by atoms with Gasteiger partial charge in [-0.2, -0.15) is 4.31 Å². The summed E-state index contributed by atoms with van der Waals surface area (Å²) in [6, 6.07) is 12.1. The molecule has 4 heteroatoms. The number of hydrogen-bond acceptors (Lipinski definition) is 2. The standard InChI is InChI=1S/C20H25NO2S/c1-14-7-5-8-18(13-14)19-9-6-10-21(19)24(22,23)20-16(3)11-15(2)12-17(20)4/h5,7-8,11-13,19H,6,9-10H2,1-4H3/t19-/m1/s1. The van der Waals surface area contributed by atoms with Crippen LogP contribution in [0.25, 0.3) is 0 Å². The second kappa shape index (κ2) is 6.34. The summed E-state index contributed by atoms with van der Waals surface area (Å²) in [5, 5.41) is 0. The summed E-state index contributed by atoms with van der Waals surface area (Å²) in [6.07, 6.45) is 1.79. The summed E-state index contributed by atoms with van der Waals surface area (Å²) in [5.74, 6) is 0. The van der Waals surface area contributed by atoms with Gasteiger partial charge < -0.3 is 0 Å². The van der Waals surface area contributed by atoms with Gasteiger partial charge in [0.2, 0.25) is 10.0 Å². The fourth-order valence-corrected chi connectivity index (χ4v) is 6.03. The molecule has 0 N–H and O–H groups in total. The quantitative estimate of drug-likeness (QED) is 0.826. The fraction of sp³-hybridized carbons (Fsp3) is 0.400. The Labute approximate surface area is 145 Å². The molecule has 0 saturated carbocycles. The minimum absolute atomic E-state index is 0.0602. The van der Waals surface area contributed by atoms with Crippen LogP contribution in [0.4, 0.5) is 0 Å². The van der Waals surface area contributed by atoms with Gasteiger partial charge in [-0.05, 0) is 57.2 Å². The highest BCUT2D eigenvalue weighted by atomic mass is 32.2. The molecule has 1 atom stereocenters. The summed E-state index contributed by atoms with van der Waals surface area (Å²) in [6.45, 7) is 8.43. The zero-order valence-corrected chi connectivity index (χ0v) is 15.7. The molecule has 1 saturated heterocycles. The van der Waals surface area contributed by atoms with E-state index < -0.39 is 10.0 Å². The van der Waals surface area contributed by atoms with E-state index in [4.69, 9.17) is 0 Å². The lowest BCUT2D eigenvalue weighted by atomic mass is 10.0. The van der Waals surface area contributed by atoms with Crippen molar-refractivity contribution in [2.24, 2.45) is 0 Å². The molecule has 128 valence electrons. The first-order valence-corrected chi connectivity index (χ1v) is 9.91. The predicted octanol–water partition coefficient (Wildman–Crippen LogP) is 4.45. The molecule has 0 amide bonds. The Kier molecular flexibility index (Phi) is 4.54. The first-order valence-electron chi connectivity index (χ1n) is 8.47. The molecular weight excluding hydrogens is 318 g/mol. The summed E-state index contributed by atoms with van der Waals surface area (Å²) >= 11 is 0. The number of benzene rings is 2. The third kappa shape index (κ3) is 3.01. The average molecular weight is 343 g/mol. The number of sulfonamides is 1. The Morgan fingerprint density at radius 1 is 0.958 bits per heavy atom. The van der Waals surface area contributed by atoms with E-state index in [1.807, 2.05) is 58.0 Å². The van der Waals surface area contributed by atoms with Gasteiger partial charge in [0.15, 0.2) is 0 Å². The third-order valence-electron chi connectivity index (χ3n) is 4.80. The normalized spacial score (nSPS) is 18.9. The smallest absolute Gasteiger partial charge is 0.207 e. The van der Waals surface area contributed by atoms with Crippen molar-refractivity contribution in [2.75, 3.05) is 6.54 Å². The lowest BCUT2D eigenvalue weighted by Gasteiger charge is -2.26. The molecule has 0 aliphatic carbocycles. The highest BCUT2D eigenvalue weighted by molar-refractivity contribution is 7.89. The summed E-state index contributed by atoms with van der Waals surface area (Å²) in [7, 11) is -3.49. The van der Waals surface area contributed by atoms with Gasteiger partial charge >= 0.3 is 0 Å². The van der Waals surface area contributed by atoms with Crippen LogP contribution < -0.4 is 0 Å². The maximum atomic E-state index is 13.4. The van der Waals surface area contributed by atoms with Gasteiger partial charge in [-0.15, -0.1) is 0 Å². The summed E-state index contributed by atoms with van der Waals surface area (Å²) in [4.78, 5) is 0.479. The van der Waals surface area contributed by atoms with E-state index in [9.17, 15) is 8.42 Å². The molecule has 0 bridgehead atoms. The number of rotatable bonds is 3. The van der Waals surface area contributed by atoms with Crippen LogP contribution in [0, 0.1) is 27.7 Å². The van der Waals surface area contributed by atoms with Crippen LogP contribution in [0.1, 0.15) is 46.7 Å². The molecule has 3 nitrogen and oxygen atoms in total. The van der Waals surface area contributed by atoms with Crippen molar-refractivity contribution in [3.8, 4) is 0 Å². The average Bonchev–Trinajstić information content (AvgIpc) is 2.96. The molecule has 0 radical (unpaired) electrons. The van der Waals surface area contributed by atoms with Crippen LogP contribution in [-0.4, -0.2) is 19.3 Å². The molecule has 0 spiro atoms. The molecule has 2 aromatic rings. The number of hydrogen-bond donors (Lipinski definition) is 0. The maximum absolute atomic E-state index is 13.4. The molecule has 3 rings (SSSR count). The van der Waals surface area contributed by atoms with E-state index in [0.717, 1.165) is 35.1 Å². The largest absolute Gasteiger partial charge is 0.244 e.